The number of fused-ring (bicyclic) bond motifs is 1. The Hall–Kier alpha value is -1.74. The number of aryl methyl sites for hydroxylation is 2. The molecule has 0 amide bonds. The molecular weight excluding hydrogens is 368 g/mol. The molecule has 0 radical (unpaired) electrons. The largest absolute Gasteiger partial charge is 0.396 e. The zero-order chi connectivity index (χ0) is 19.2. The summed E-state index contributed by atoms with van der Waals surface area (Å²) in [4.78, 5) is 0.265. The minimum Gasteiger partial charge on any atom is -0.396 e. The standard InChI is InChI=1S/C19H24N2O5S/c1-13-3-4-15(17-7-14(2)20-26-17)8-18(13)27(23,24)21-9-16-5-6-25-12-19(16,10-21)11-22/h3-4,7-8,16,22H,5-6,9-12H2,1-2H3/t16-,19+/m0/s1. The van der Waals surface area contributed by atoms with Crippen LogP contribution in [0, 0.1) is 25.2 Å². The average molecular weight is 392 g/mol. The molecule has 0 unspecified atom stereocenters. The maximum atomic E-state index is 13.4. The van der Waals surface area contributed by atoms with E-state index >= 15 is 0 Å². The molecule has 3 heterocycles. The molecule has 2 aliphatic heterocycles. The van der Waals surface area contributed by atoms with Gasteiger partial charge in [-0.25, -0.2) is 8.42 Å². The quantitative estimate of drug-likeness (QED) is 0.855. The van der Waals surface area contributed by atoms with E-state index in [1.807, 2.05) is 13.0 Å². The minimum atomic E-state index is -3.69. The van der Waals surface area contributed by atoms with Gasteiger partial charge >= 0.3 is 0 Å². The predicted octanol–water partition coefficient (Wildman–Crippen LogP) is 1.98. The Morgan fingerprint density at radius 1 is 1.33 bits per heavy atom. The topological polar surface area (TPSA) is 92.9 Å². The molecule has 27 heavy (non-hydrogen) atoms. The Labute approximate surface area is 159 Å². The molecule has 8 heteroatoms. The third kappa shape index (κ3) is 3.10. The molecule has 2 saturated heterocycles. The van der Waals surface area contributed by atoms with Gasteiger partial charge in [-0.15, -0.1) is 0 Å². The summed E-state index contributed by atoms with van der Waals surface area (Å²) < 4.78 is 39.1. The molecular formula is C19H24N2O5S. The zero-order valence-corrected chi connectivity index (χ0v) is 16.3. The molecule has 4 rings (SSSR count). The first-order chi connectivity index (χ1) is 12.9. The van der Waals surface area contributed by atoms with Crippen LogP contribution in [0.1, 0.15) is 17.7 Å². The average Bonchev–Trinajstić information content (AvgIpc) is 3.26. The number of hydrogen-bond acceptors (Lipinski definition) is 6. The van der Waals surface area contributed by atoms with Crippen LogP contribution in [0.15, 0.2) is 33.7 Å². The normalized spacial score (nSPS) is 26.3. The molecule has 2 aromatic rings. The van der Waals surface area contributed by atoms with Gasteiger partial charge in [0.1, 0.15) is 0 Å². The second-order valence-electron chi connectivity index (χ2n) is 7.67. The first-order valence-corrected chi connectivity index (χ1v) is 10.5. The van der Waals surface area contributed by atoms with Gasteiger partial charge in [0.05, 0.1) is 23.8 Å². The van der Waals surface area contributed by atoms with Crippen molar-refractivity contribution in [1.29, 1.82) is 0 Å². The maximum Gasteiger partial charge on any atom is 0.243 e. The number of sulfonamides is 1. The van der Waals surface area contributed by atoms with E-state index < -0.39 is 15.4 Å². The first-order valence-electron chi connectivity index (χ1n) is 9.09. The van der Waals surface area contributed by atoms with Gasteiger partial charge in [0.2, 0.25) is 10.0 Å². The van der Waals surface area contributed by atoms with Crippen LogP contribution in [0.3, 0.4) is 0 Å². The van der Waals surface area contributed by atoms with E-state index in [0.717, 1.165) is 12.1 Å². The smallest absolute Gasteiger partial charge is 0.243 e. The van der Waals surface area contributed by atoms with Gasteiger partial charge in [-0.05, 0) is 37.8 Å². The van der Waals surface area contributed by atoms with Crippen LogP contribution >= 0.6 is 0 Å². The zero-order valence-electron chi connectivity index (χ0n) is 15.5. The molecule has 1 N–H and O–H groups in total. The van der Waals surface area contributed by atoms with Crippen molar-refractivity contribution in [3.8, 4) is 11.3 Å². The van der Waals surface area contributed by atoms with Gasteiger partial charge in [0.25, 0.3) is 0 Å². The summed E-state index contributed by atoms with van der Waals surface area (Å²) in [5.74, 6) is 0.658. The number of aromatic nitrogens is 1. The van der Waals surface area contributed by atoms with Gasteiger partial charge in [-0.1, -0.05) is 17.3 Å². The highest BCUT2D eigenvalue weighted by atomic mass is 32.2. The number of nitrogens with zero attached hydrogens (tertiary/aromatic N) is 2. The van der Waals surface area contributed by atoms with Crippen molar-refractivity contribution in [2.45, 2.75) is 25.2 Å². The predicted molar refractivity (Wildman–Crippen MR) is 98.6 cm³/mol. The van der Waals surface area contributed by atoms with E-state index in [0.29, 0.717) is 36.6 Å². The fourth-order valence-electron chi connectivity index (χ4n) is 4.12. The summed E-state index contributed by atoms with van der Waals surface area (Å²) in [6.45, 7) is 5.24. The summed E-state index contributed by atoms with van der Waals surface area (Å²) >= 11 is 0. The highest BCUT2D eigenvalue weighted by molar-refractivity contribution is 7.89. The molecule has 0 spiro atoms. The number of aliphatic hydroxyl groups is 1. The maximum absolute atomic E-state index is 13.4. The van der Waals surface area contributed by atoms with Crippen molar-refractivity contribution < 1.29 is 22.8 Å². The minimum absolute atomic E-state index is 0.0694. The second kappa shape index (κ2) is 6.70. The monoisotopic (exact) mass is 392 g/mol. The number of benzene rings is 1. The van der Waals surface area contributed by atoms with Crippen LogP contribution < -0.4 is 0 Å². The Balaban J connectivity index is 1.70. The number of ether oxygens (including phenoxy) is 1. The van der Waals surface area contributed by atoms with Gasteiger partial charge in [0.15, 0.2) is 5.76 Å². The van der Waals surface area contributed by atoms with Crippen molar-refractivity contribution in [2.24, 2.45) is 11.3 Å². The summed E-state index contributed by atoms with van der Waals surface area (Å²) in [6.07, 6.45) is 0.767. The van der Waals surface area contributed by atoms with E-state index in [9.17, 15) is 13.5 Å². The third-order valence-electron chi connectivity index (χ3n) is 5.81. The molecule has 1 aromatic heterocycles. The SMILES string of the molecule is Cc1cc(-c2ccc(C)c(S(=O)(=O)N3C[C@@H]4CCOC[C@]4(CO)C3)c2)on1. The lowest BCUT2D eigenvalue weighted by Gasteiger charge is -2.36. The molecule has 2 fully saturated rings. The van der Waals surface area contributed by atoms with Crippen LogP contribution in [-0.4, -0.2) is 55.9 Å². The third-order valence-corrected chi connectivity index (χ3v) is 7.77. The van der Waals surface area contributed by atoms with Gasteiger partial charge in [0, 0.05) is 36.7 Å². The van der Waals surface area contributed by atoms with Gasteiger partial charge < -0.3 is 14.4 Å². The van der Waals surface area contributed by atoms with Crippen LogP contribution in [0.2, 0.25) is 0 Å². The summed E-state index contributed by atoms with van der Waals surface area (Å²) in [5, 5.41) is 13.8. The second-order valence-corrected chi connectivity index (χ2v) is 9.58. The van der Waals surface area contributed by atoms with Crippen molar-refractivity contribution in [3.05, 3.63) is 35.5 Å². The van der Waals surface area contributed by atoms with Crippen molar-refractivity contribution in [2.75, 3.05) is 32.9 Å². The molecule has 146 valence electrons. The van der Waals surface area contributed by atoms with Crippen LogP contribution in [0.4, 0.5) is 0 Å². The lowest BCUT2D eigenvalue weighted by Crippen LogP contribution is -2.43. The Morgan fingerprint density at radius 3 is 2.81 bits per heavy atom. The molecule has 1 aromatic carbocycles. The molecule has 7 nitrogen and oxygen atoms in total. The molecule has 0 bridgehead atoms. The Kier molecular flexibility index (Phi) is 4.62. The molecule has 0 saturated carbocycles. The first kappa shape index (κ1) is 18.6. The van der Waals surface area contributed by atoms with Crippen molar-refractivity contribution in [1.82, 2.24) is 9.46 Å². The number of rotatable bonds is 4. The lowest BCUT2D eigenvalue weighted by atomic mass is 9.76. The molecule has 2 atom stereocenters. The number of hydrogen-bond donors (Lipinski definition) is 1. The van der Waals surface area contributed by atoms with Crippen LogP contribution in [0.25, 0.3) is 11.3 Å². The van der Waals surface area contributed by atoms with Gasteiger partial charge in [-0.3, -0.25) is 0 Å². The van der Waals surface area contributed by atoms with E-state index in [2.05, 4.69) is 5.16 Å². The highest BCUT2D eigenvalue weighted by Crippen LogP contribution is 2.43. The van der Waals surface area contributed by atoms with E-state index in [1.54, 1.807) is 25.1 Å². The fraction of sp³-hybridized carbons (Fsp3) is 0.526. The number of aliphatic hydroxyl groups excluding tert-OH is 1. The Morgan fingerprint density at radius 2 is 2.15 bits per heavy atom. The van der Waals surface area contributed by atoms with Crippen molar-refractivity contribution >= 4 is 10.0 Å². The van der Waals surface area contributed by atoms with E-state index in [1.165, 1.54) is 4.31 Å². The summed E-state index contributed by atoms with van der Waals surface area (Å²) in [5.41, 5.74) is 1.60. The van der Waals surface area contributed by atoms with Crippen LogP contribution in [0.5, 0.6) is 0 Å². The van der Waals surface area contributed by atoms with Crippen molar-refractivity contribution in [3.63, 3.8) is 0 Å². The van der Waals surface area contributed by atoms with E-state index in [-0.39, 0.29) is 24.0 Å². The Bertz CT molecular complexity index is 955. The highest BCUT2D eigenvalue weighted by Gasteiger charge is 2.51. The fourth-order valence-corrected chi connectivity index (χ4v) is 5.96. The summed E-state index contributed by atoms with van der Waals surface area (Å²) in [7, 11) is -3.69. The molecule has 2 aliphatic rings. The molecule has 0 aliphatic carbocycles. The summed E-state index contributed by atoms with van der Waals surface area (Å²) in [6, 6.07) is 7.05. The van der Waals surface area contributed by atoms with E-state index in [4.69, 9.17) is 9.26 Å². The lowest BCUT2D eigenvalue weighted by molar-refractivity contribution is -0.0552. The van der Waals surface area contributed by atoms with Gasteiger partial charge in [-0.2, -0.15) is 4.31 Å². The van der Waals surface area contributed by atoms with Crippen LogP contribution in [-0.2, 0) is 14.8 Å².